The van der Waals surface area contributed by atoms with Gasteiger partial charge in [-0.1, -0.05) is 81.4 Å². The molecular weight excluding hydrogens is 356 g/mol. The van der Waals surface area contributed by atoms with E-state index in [-0.39, 0.29) is 11.3 Å². The number of carbonyl (C=O) groups excluding carboxylic acids is 1. The minimum absolute atomic E-state index is 0.180. The highest BCUT2D eigenvalue weighted by atomic mass is 16.2. The summed E-state index contributed by atoms with van der Waals surface area (Å²) in [5.74, 6) is 0.963. The van der Waals surface area contributed by atoms with E-state index in [1.54, 1.807) is 0 Å². The van der Waals surface area contributed by atoms with Crippen LogP contribution in [0.1, 0.15) is 51.2 Å². The van der Waals surface area contributed by atoms with Crippen molar-refractivity contribution in [2.75, 3.05) is 6.54 Å². The van der Waals surface area contributed by atoms with Crippen molar-refractivity contribution in [1.29, 1.82) is 0 Å². The van der Waals surface area contributed by atoms with Crippen LogP contribution in [-0.4, -0.2) is 23.4 Å². The summed E-state index contributed by atoms with van der Waals surface area (Å²) in [5, 5.41) is 3.70. The second-order valence-corrected chi connectivity index (χ2v) is 9.95. The molecule has 2 bridgehead atoms. The van der Waals surface area contributed by atoms with E-state index in [9.17, 15) is 4.79 Å². The van der Waals surface area contributed by atoms with Crippen LogP contribution < -0.4 is 5.32 Å². The third-order valence-electron chi connectivity index (χ3n) is 7.51. The summed E-state index contributed by atoms with van der Waals surface area (Å²) >= 11 is 0. The Hall–Kier alpha value is -2.13. The van der Waals surface area contributed by atoms with Crippen LogP contribution in [0, 0.1) is 16.7 Å². The summed E-state index contributed by atoms with van der Waals surface area (Å²) in [6, 6.07) is 21.0. The maximum absolute atomic E-state index is 13.3. The minimum Gasteiger partial charge on any atom is -0.333 e. The van der Waals surface area contributed by atoms with Crippen LogP contribution in [0.4, 0.5) is 0 Å². The number of amides is 1. The third-order valence-corrected chi connectivity index (χ3v) is 7.51. The third kappa shape index (κ3) is 4.11. The molecule has 3 atom stereocenters. The van der Waals surface area contributed by atoms with Crippen molar-refractivity contribution in [3.8, 4) is 0 Å². The van der Waals surface area contributed by atoms with Gasteiger partial charge >= 0.3 is 0 Å². The summed E-state index contributed by atoms with van der Waals surface area (Å²) in [7, 11) is 0. The van der Waals surface area contributed by atoms with Gasteiger partial charge in [0, 0.05) is 19.1 Å². The van der Waals surface area contributed by atoms with E-state index < -0.39 is 0 Å². The molecule has 1 amide bonds. The quantitative estimate of drug-likeness (QED) is 0.720. The average molecular weight is 391 g/mol. The first-order valence-corrected chi connectivity index (χ1v) is 11.0. The van der Waals surface area contributed by atoms with Gasteiger partial charge in [0.05, 0.1) is 6.54 Å². The summed E-state index contributed by atoms with van der Waals surface area (Å²) in [5.41, 5.74) is 2.93. The highest BCUT2D eigenvalue weighted by molar-refractivity contribution is 5.78. The Labute approximate surface area is 175 Å². The molecule has 4 rings (SSSR count). The standard InChI is InChI=1S/C26H34N2O/c1-25(2)22-14-15-26(3,16-22)24(25)27-17-23(29)28(18-20-10-6-4-7-11-20)19-21-12-8-5-9-13-21/h4-13,22,24,27H,14-19H2,1-3H3. The molecule has 0 saturated heterocycles. The number of benzene rings is 2. The summed E-state index contributed by atoms with van der Waals surface area (Å²) in [6.45, 7) is 8.88. The molecule has 3 nitrogen and oxygen atoms in total. The Morgan fingerprint density at radius 1 is 0.966 bits per heavy atom. The molecule has 1 N–H and O–H groups in total. The molecule has 29 heavy (non-hydrogen) atoms. The predicted octanol–water partition coefficient (Wildman–Crippen LogP) is 5.02. The van der Waals surface area contributed by atoms with Gasteiger partial charge in [-0.3, -0.25) is 4.79 Å². The first kappa shape index (κ1) is 20.2. The lowest BCUT2D eigenvalue weighted by atomic mass is 9.68. The largest absolute Gasteiger partial charge is 0.333 e. The Bertz CT molecular complexity index is 786. The molecule has 2 saturated carbocycles. The molecule has 2 fully saturated rings. The molecule has 0 aromatic heterocycles. The molecule has 0 aliphatic heterocycles. The Morgan fingerprint density at radius 3 is 2.00 bits per heavy atom. The van der Waals surface area contributed by atoms with E-state index in [0.29, 0.717) is 31.1 Å². The van der Waals surface area contributed by atoms with Crippen LogP contribution in [0.25, 0.3) is 0 Å². The molecular formula is C26H34N2O. The maximum atomic E-state index is 13.3. The molecule has 3 heteroatoms. The van der Waals surface area contributed by atoms with Crippen molar-refractivity contribution in [1.82, 2.24) is 10.2 Å². The second kappa shape index (κ2) is 7.95. The van der Waals surface area contributed by atoms with Crippen LogP contribution in [0.3, 0.4) is 0 Å². The number of hydrogen-bond donors (Lipinski definition) is 1. The fourth-order valence-corrected chi connectivity index (χ4v) is 5.95. The van der Waals surface area contributed by atoms with Gasteiger partial charge in [0.15, 0.2) is 0 Å². The van der Waals surface area contributed by atoms with Gasteiger partial charge in [-0.2, -0.15) is 0 Å². The fraction of sp³-hybridized carbons (Fsp3) is 0.500. The SMILES string of the molecule is CC12CCC(C1)C(C)(C)C2NCC(=O)N(Cc1ccccc1)Cc1ccccc1. The highest BCUT2D eigenvalue weighted by Crippen LogP contribution is 2.62. The normalized spacial score (nSPS) is 27.1. The maximum Gasteiger partial charge on any atom is 0.237 e. The number of carbonyl (C=O) groups is 1. The highest BCUT2D eigenvalue weighted by Gasteiger charge is 2.59. The first-order valence-electron chi connectivity index (χ1n) is 11.0. The lowest BCUT2D eigenvalue weighted by Gasteiger charge is -2.43. The van der Waals surface area contributed by atoms with Gasteiger partial charge in [0.1, 0.15) is 0 Å². The Morgan fingerprint density at radius 2 is 1.52 bits per heavy atom. The lowest BCUT2D eigenvalue weighted by Crippen LogP contribution is -2.53. The zero-order valence-electron chi connectivity index (χ0n) is 18.0. The van der Waals surface area contributed by atoms with Gasteiger partial charge in [-0.25, -0.2) is 0 Å². The molecule has 0 spiro atoms. The summed E-state index contributed by atoms with van der Waals surface area (Å²) < 4.78 is 0. The van der Waals surface area contributed by atoms with Crippen LogP contribution in [0.5, 0.6) is 0 Å². The van der Waals surface area contributed by atoms with Gasteiger partial charge < -0.3 is 10.2 Å². The topological polar surface area (TPSA) is 32.3 Å². The Kier molecular flexibility index (Phi) is 5.52. The van der Waals surface area contributed by atoms with E-state index in [0.717, 1.165) is 5.92 Å². The smallest absolute Gasteiger partial charge is 0.237 e. The van der Waals surface area contributed by atoms with E-state index in [1.807, 2.05) is 41.3 Å². The van der Waals surface area contributed by atoms with Crippen molar-refractivity contribution in [3.63, 3.8) is 0 Å². The number of nitrogens with zero attached hydrogens (tertiary/aromatic N) is 1. The van der Waals surface area contributed by atoms with Crippen LogP contribution in [-0.2, 0) is 17.9 Å². The monoisotopic (exact) mass is 390 g/mol. The molecule has 2 aliphatic rings. The van der Waals surface area contributed by atoms with Gasteiger partial charge in [0.2, 0.25) is 5.91 Å². The van der Waals surface area contributed by atoms with Crippen molar-refractivity contribution >= 4 is 5.91 Å². The van der Waals surface area contributed by atoms with Crippen LogP contribution >= 0.6 is 0 Å². The Balaban J connectivity index is 1.46. The first-order chi connectivity index (χ1) is 13.9. The molecule has 3 unspecified atom stereocenters. The van der Waals surface area contributed by atoms with Crippen molar-refractivity contribution in [2.45, 2.75) is 59.2 Å². The van der Waals surface area contributed by atoms with E-state index in [4.69, 9.17) is 0 Å². The molecule has 0 heterocycles. The molecule has 2 aromatic rings. The van der Waals surface area contributed by atoms with E-state index >= 15 is 0 Å². The van der Waals surface area contributed by atoms with Gasteiger partial charge in [-0.15, -0.1) is 0 Å². The molecule has 154 valence electrons. The lowest BCUT2D eigenvalue weighted by molar-refractivity contribution is -0.132. The summed E-state index contributed by atoms with van der Waals surface area (Å²) in [6.07, 6.45) is 3.91. The number of hydrogen-bond acceptors (Lipinski definition) is 2. The van der Waals surface area contributed by atoms with Crippen LogP contribution in [0.2, 0.25) is 0 Å². The number of fused-ring (bicyclic) bond motifs is 2. The zero-order valence-corrected chi connectivity index (χ0v) is 18.0. The zero-order chi connectivity index (χ0) is 20.5. The minimum atomic E-state index is 0.180. The second-order valence-electron chi connectivity index (χ2n) is 9.95. The van der Waals surface area contributed by atoms with Crippen molar-refractivity contribution in [3.05, 3.63) is 71.8 Å². The van der Waals surface area contributed by atoms with Crippen molar-refractivity contribution < 1.29 is 4.79 Å². The molecule has 0 radical (unpaired) electrons. The van der Waals surface area contributed by atoms with Crippen molar-refractivity contribution in [2.24, 2.45) is 16.7 Å². The van der Waals surface area contributed by atoms with Gasteiger partial charge in [-0.05, 0) is 47.1 Å². The van der Waals surface area contributed by atoms with Crippen LogP contribution in [0.15, 0.2) is 60.7 Å². The van der Waals surface area contributed by atoms with Gasteiger partial charge in [0.25, 0.3) is 0 Å². The number of rotatable bonds is 7. The fourth-order valence-electron chi connectivity index (χ4n) is 5.95. The average Bonchev–Trinajstić information content (AvgIpc) is 3.19. The molecule has 2 aliphatic carbocycles. The van der Waals surface area contributed by atoms with E-state index in [1.165, 1.54) is 30.4 Å². The van der Waals surface area contributed by atoms with E-state index in [2.05, 4.69) is 50.4 Å². The summed E-state index contributed by atoms with van der Waals surface area (Å²) in [4.78, 5) is 15.3. The molecule has 2 aromatic carbocycles. The number of nitrogens with one attached hydrogen (secondary N) is 1. The predicted molar refractivity (Wildman–Crippen MR) is 118 cm³/mol.